The minimum Gasteiger partial charge on any atom is -0.550 e. The summed E-state index contributed by atoms with van der Waals surface area (Å²) in [6.45, 7) is 4.46. The second kappa shape index (κ2) is 36.5. The quantitative estimate of drug-likeness (QED) is 0.165. The molecule has 180 valence electrons. The molecule has 0 rings (SSSR count). The molecule has 0 aliphatic rings. The van der Waals surface area contributed by atoms with Crippen molar-refractivity contribution >= 4 is 11.9 Å². The Morgan fingerprint density at radius 2 is 0.594 bits per heavy atom. The van der Waals surface area contributed by atoms with Gasteiger partial charge in [-0.2, -0.15) is 0 Å². The van der Waals surface area contributed by atoms with Gasteiger partial charge in [-0.25, -0.2) is 0 Å². The SMILES string of the molecule is CCCCCCCCCCCC(=O)[O-].CCCCCCCCCCCCCC(=O)[O-].[Na+].[Na+]. The zero-order valence-electron chi connectivity index (χ0n) is 22.2. The number of carboxylic acid groups (broad SMARTS) is 2. The molecule has 0 aliphatic heterocycles. The Labute approximate surface area is 244 Å². The minimum absolute atomic E-state index is 0. The Morgan fingerprint density at radius 3 is 0.781 bits per heavy atom. The number of hydrogen-bond donors (Lipinski definition) is 0. The number of carbonyl (C=O) groups is 2. The van der Waals surface area contributed by atoms with Gasteiger partial charge in [-0.05, 0) is 25.7 Å². The van der Waals surface area contributed by atoms with Gasteiger partial charge >= 0.3 is 59.1 Å². The molecular weight excluding hydrogens is 422 g/mol. The third-order valence-electron chi connectivity index (χ3n) is 5.47. The third kappa shape index (κ3) is 44.6. The van der Waals surface area contributed by atoms with E-state index in [9.17, 15) is 19.8 Å². The molecule has 0 fully saturated rings. The summed E-state index contributed by atoms with van der Waals surface area (Å²) in [6, 6.07) is 0. The molecule has 0 aromatic rings. The number of unbranched alkanes of at least 4 members (excludes halogenated alkanes) is 18. The second-order valence-corrected chi connectivity index (χ2v) is 8.61. The molecule has 0 amide bonds. The largest absolute Gasteiger partial charge is 1.00 e. The summed E-state index contributed by atoms with van der Waals surface area (Å²) >= 11 is 0. The van der Waals surface area contributed by atoms with Gasteiger partial charge in [-0.15, -0.1) is 0 Å². The molecule has 4 nitrogen and oxygen atoms in total. The van der Waals surface area contributed by atoms with Crippen LogP contribution in [0.5, 0.6) is 0 Å². The number of hydrogen-bond acceptors (Lipinski definition) is 4. The van der Waals surface area contributed by atoms with Crippen LogP contribution in [-0.2, 0) is 9.59 Å². The summed E-state index contributed by atoms with van der Waals surface area (Å²) in [7, 11) is 0. The Bertz CT molecular complexity index is 366. The van der Waals surface area contributed by atoms with E-state index >= 15 is 0 Å². The third-order valence-corrected chi connectivity index (χ3v) is 5.47. The van der Waals surface area contributed by atoms with Crippen molar-refractivity contribution in [2.45, 2.75) is 155 Å². The topological polar surface area (TPSA) is 80.3 Å². The van der Waals surface area contributed by atoms with Crippen LogP contribution >= 0.6 is 0 Å². The maximum Gasteiger partial charge on any atom is 1.00 e. The smallest absolute Gasteiger partial charge is 0.550 e. The molecule has 6 heteroatoms. The van der Waals surface area contributed by atoms with E-state index in [-0.39, 0.29) is 72.0 Å². The van der Waals surface area contributed by atoms with Crippen LogP contribution in [0.3, 0.4) is 0 Å². The van der Waals surface area contributed by atoms with E-state index in [1.165, 1.54) is 103 Å². The molecule has 0 atom stereocenters. The summed E-state index contributed by atoms with van der Waals surface area (Å²) in [5.74, 6) is -1.82. The van der Waals surface area contributed by atoms with Crippen LogP contribution in [0.1, 0.15) is 155 Å². The van der Waals surface area contributed by atoms with Crippen LogP contribution < -0.4 is 69.3 Å². The van der Waals surface area contributed by atoms with Crippen molar-refractivity contribution in [2.24, 2.45) is 0 Å². The fourth-order valence-electron chi connectivity index (χ4n) is 3.51. The molecular formula is C26H50Na2O4. The predicted molar refractivity (Wildman–Crippen MR) is 123 cm³/mol. The van der Waals surface area contributed by atoms with Gasteiger partial charge in [-0.3, -0.25) is 0 Å². The minimum atomic E-state index is -0.909. The van der Waals surface area contributed by atoms with Gasteiger partial charge < -0.3 is 19.8 Å². The maximum atomic E-state index is 10.1. The average molecular weight is 473 g/mol. The molecule has 0 aromatic heterocycles. The fraction of sp³-hybridized carbons (Fsp3) is 0.923. The first-order valence-corrected chi connectivity index (χ1v) is 12.9. The fourth-order valence-corrected chi connectivity index (χ4v) is 3.51. The van der Waals surface area contributed by atoms with E-state index in [0.29, 0.717) is 0 Å². The summed E-state index contributed by atoms with van der Waals surface area (Å²) in [4.78, 5) is 20.2. The number of carboxylic acids is 2. The Morgan fingerprint density at radius 1 is 0.406 bits per heavy atom. The Hall–Kier alpha value is 0.940. The van der Waals surface area contributed by atoms with E-state index in [4.69, 9.17) is 0 Å². The van der Waals surface area contributed by atoms with Crippen LogP contribution in [-0.4, -0.2) is 11.9 Å². The van der Waals surface area contributed by atoms with Gasteiger partial charge in [0, 0.05) is 11.9 Å². The van der Waals surface area contributed by atoms with Crippen LogP contribution in [0.4, 0.5) is 0 Å². The molecule has 0 bridgehead atoms. The van der Waals surface area contributed by atoms with E-state index in [2.05, 4.69) is 13.8 Å². The first kappa shape index (κ1) is 40.1. The molecule has 0 unspecified atom stereocenters. The van der Waals surface area contributed by atoms with Crippen molar-refractivity contribution < 1.29 is 78.9 Å². The predicted octanol–water partition coefficient (Wildman–Crippen LogP) is 0.103. The first-order chi connectivity index (χ1) is 14.5. The summed E-state index contributed by atoms with van der Waals surface area (Å²) < 4.78 is 0. The van der Waals surface area contributed by atoms with Crippen molar-refractivity contribution in [3.8, 4) is 0 Å². The number of aliphatic carboxylic acids is 2. The molecule has 0 N–H and O–H groups in total. The summed E-state index contributed by atoms with van der Waals surface area (Å²) in [6.07, 6.45) is 25.2. The van der Waals surface area contributed by atoms with Gasteiger partial charge in [0.1, 0.15) is 0 Å². The molecule has 0 spiro atoms. The van der Waals surface area contributed by atoms with Crippen LogP contribution in [0.2, 0.25) is 0 Å². The van der Waals surface area contributed by atoms with Gasteiger partial charge in [0.15, 0.2) is 0 Å². The van der Waals surface area contributed by atoms with Crippen molar-refractivity contribution in [2.75, 3.05) is 0 Å². The van der Waals surface area contributed by atoms with Gasteiger partial charge in [-0.1, -0.05) is 129 Å². The van der Waals surface area contributed by atoms with Crippen LogP contribution in [0, 0.1) is 0 Å². The number of rotatable bonds is 22. The second-order valence-electron chi connectivity index (χ2n) is 8.61. The van der Waals surface area contributed by atoms with Gasteiger partial charge in [0.25, 0.3) is 0 Å². The van der Waals surface area contributed by atoms with Gasteiger partial charge in [0.05, 0.1) is 0 Å². The Balaban J connectivity index is -0.000000232. The van der Waals surface area contributed by atoms with Gasteiger partial charge in [0.2, 0.25) is 0 Å². The van der Waals surface area contributed by atoms with Crippen molar-refractivity contribution in [3.05, 3.63) is 0 Å². The molecule has 0 heterocycles. The van der Waals surface area contributed by atoms with Crippen molar-refractivity contribution in [3.63, 3.8) is 0 Å². The first-order valence-electron chi connectivity index (χ1n) is 12.9. The molecule has 0 saturated heterocycles. The van der Waals surface area contributed by atoms with Crippen molar-refractivity contribution in [1.82, 2.24) is 0 Å². The standard InChI is InChI=1S/C14H28O2.C12H24O2.2Na/c1-2-3-4-5-6-7-8-9-10-11-12-13-14(15)16;1-2-3-4-5-6-7-8-9-10-11-12(13)14;;/h2-13H2,1H3,(H,15,16);2-11H2,1H3,(H,13,14);;/q;;2*+1/p-2. The molecule has 0 saturated carbocycles. The number of carbonyl (C=O) groups excluding carboxylic acids is 2. The molecule has 0 aromatic carbocycles. The molecule has 0 radical (unpaired) electrons. The van der Waals surface area contributed by atoms with E-state index < -0.39 is 11.9 Å². The Kier molecular flexibility index (Phi) is 45.8. The van der Waals surface area contributed by atoms with E-state index in [0.717, 1.165) is 25.7 Å². The normalized spacial score (nSPS) is 9.81. The molecule has 0 aliphatic carbocycles. The molecule has 32 heavy (non-hydrogen) atoms. The van der Waals surface area contributed by atoms with E-state index in [1.807, 2.05) is 0 Å². The van der Waals surface area contributed by atoms with Crippen LogP contribution in [0.25, 0.3) is 0 Å². The summed E-state index contributed by atoms with van der Waals surface area (Å²) in [5, 5.41) is 20.2. The van der Waals surface area contributed by atoms with Crippen LogP contribution in [0.15, 0.2) is 0 Å². The monoisotopic (exact) mass is 472 g/mol. The van der Waals surface area contributed by atoms with E-state index in [1.54, 1.807) is 0 Å². The zero-order chi connectivity index (χ0) is 22.7. The zero-order valence-corrected chi connectivity index (χ0v) is 26.2. The summed E-state index contributed by atoms with van der Waals surface area (Å²) in [5.41, 5.74) is 0. The maximum absolute atomic E-state index is 10.1. The van der Waals surface area contributed by atoms with Crippen molar-refractivity contribution in [1.29, 1.82) is 0 Å². The average Bonchev–Trinajstić information content (AvgIpc) is 2.71.